The number of hydrogen-bond donors (Lipinski definition) is 0. The van der Waals surface area contributed by atoms with Crippen LogP contribution in [0.2, 0.25) is 0 Å². The predicted octanol–water partition coefficient (Wildman–Crippen LogP) is 4.66. The Labute approximate surface area is 110 Å². The molecule has 2 unspecified atom stereocenters. The average molecular weight is 299 g/mol. The summed E-state index contributed by atoms with van der Waals surface area (Å²) in [6, 6.07) is 3.95. The molecule has 1 aliphatic rings. The van der Waals surface area contributed by atoms with E-state index in [9.17, 15) is 26.3 Å². The zero-order valence-electron chi connectivity index (χ0n) is 9.48. The molecule has 0 saturated carbocycles. The Morgan fingerprint density at radius 2 is 1.79 bits per heavy atom. The monoisotopic (exact) mass is 299 g/mol. The van der Waals surface area contributed by atoms with Gasteiger partial charge in [0.1, 0.15) is 0 Å². The van der Waals surface area contributed by atoms with Gasteiger partial charge in [-0.2, -0.15) is 26.3 Å². The van der Waals surface area contributed by atoms with E-state index in [1.807, 2.05) is 0 Å². The zero-order valence-corrected chi connectivity index (χ0v) is 10.3. The average Bonchev–Trinajstić information content (AvgIpc) is 2.23. The second-order valence-electron chi connectivity index (χ2n) is 4.37. The summed E-state index contributed by atoms with van der Waals surface area (Å²) in [6.07, 6.45) is -9.03. The van der Waals surface area contributed by atoms with Crippen LogP contribution in [0.15, 0.2) is 24.3 Å². The predicted molar refractivity (Wildman–Crippen MR) is 60.5 cm³/mol. The molecule has 1 aromatic rings. The van der Waals surface area contributed by atoms with E-state index in [0.717, 1.165) is 30.0 Å². The summed E-state index contributed by atoms with van der Waals surface area (Å²) in [7, 11) is 0. The molecule has 0 aliphatic carbocycles. The van der Waals surface area contributed by atoms with Gasteiger partial charge < -0.3 is 0 Å². The zero-order chi connectivity index (χ0) is 14.5. The van der Waals surface area contributed by atoms with Crippen molar-refractivity contribution < 1.29 is 26.3 Å². The molecule has 0 nitrogen and oxygen atoms in total. The lowest BCUT2D eigenvalue weighted by Crippen LogP contribution is -2.49. The van der Waals surface area contributed by atoms with Crippen LogP contribution in [0.1, 0.15) is 11.1 Å². The van der Waals surface area contributed by atoms with Crippen molar-refractivity contribution in [3.05, 3.63) is 42.3 Å². The van der Waals surface area contributed by atoms with Crippen LogP contribution in [-0.2, 0) is 10.9 Å². The van der Waals surface area contributed by atoms with Crippen LogP contribution < -0.4 is 0 Å². The molecule has 0 aromatic heterocycles. The summed E-state index contributed by atoms with van der Waals surface area (Å²) in [5.41, 5.74) is -0.998. The summed E-state index contributed by atoms with van der Waals surface area (Å²) in [4.78, 5) is 0. The molecular formula is C12H9F6S. The van der Waals surface area contributed by atoms with Gasteiger partial charge in [-0.15, -0.1) is 11.8 Å². The van der Waals surface area contributed by atoms with Crippen molar-refractivity contribution in [1.29, 1.82) is 0 Å². The molecule has 7 heteroatoms. The van der Waals surface area contributed by atoms with Gasteiger partial charge >= 0.3 is 12.4 Å². The molecule has 1 heterocycles. The van der Waals surface area contributed by atoms with E-state index in [1.54, 1.807) is 0 Å². The Hall–Kier alpha value is -0.850. The number of halogens is 6. The van der Waals surface area contributed by atoms with E-state index in [4.69, 9.17) is 0 Å². The van der Waals surface area contributed by atoms with Crippen molar-refractivity contribution >= 4 is 11.8 Å². The highest BCUT2D eigenvalue weighted by atomic mass is 32.2. The van der Waals surface area contributed by atoms with Gasteiger partial charge in [0.25, 0.3) is 0 Å². The lowest BCUT2D eigenvalue weighted by Gasteiger charge is -2.47. The van der Waals surface area contributed by atoms with Gasteiger partial charge in [-0.1, -0.05) is 18.2 Å². The molecule has 1 radical (unpaired) electrons. The molecule has 19 heavy (non-hydrogen) atoms. The van der Waals surface area contributed by atoms with Crippen molar-refractivity contribution in [2.75, 3.05) is 5.75 Å². The van der Waals surface area contributed by atoms with Gasteiger partial charge in [-0.3, -0.25) is 0 Å². The van der Waals surface area contributed by atoms with Gasteiger partial charge in [0.15, 0.2) is 0 Å². The molecule has 0 amide bonds. The van der Waals surface area contributed by atoms with E-state index < -0.39 is 28.6 Å². The number of thioether (sulfide) groups is 1. The van der Waals surface area contributed by atoms with E-state index in [1.165, 1.54) is 6.07 Å². The summed E-state index contributed by atoms with van der Waals surface area (Å²) in [6.45, 7) is 3.49. The molecule has 0 N–H and O–H groups in total. The van der Waals surface area contributed by atoms with Crippen molar-refractivity contribution in [2.45, 2.75) is 17.1 Å². The molecule has 2 atom stereocenters. The second kappa shape index (κ2) is 4.33. The third-order valence-electron chi connectivity index (χ3n) is 3.14. The van der Waals surface area contributed by atoms with Crippen molar-refractivity contribution in [1.82, 2.24) is 0 Å². The Kier molecular flexibility index (Phi) is 3.32. The Morgan fingerprint density at radius 1 is 1.16 bits per heavy atom. The SMILES string of the molecule is [CH2]C1(c2cccc(C(F)(F)F)c2)SCC1C(F)(F)F. The van der Waals surface area contributed by atoms with Gasteiger partial charge in [0, 0.05) is 5.75 Å². The smallest absolute Gasteiger partial charge is 0.171 e. The quantitative estimate of drug-likeness (QED) is 0.680. The second-order valence-corrected chi connectivity index (χ2v) is 5.72. The van der Waals surface area contributed by atoms with Crippen LogP contribution in [-0.4, -0.2) is 11.9 Å². The van der Waals surface area contributed by atoms with Crippen LogP contribution >= 0.6 is 11.8 Å². The van der Waals surface area contributed by atoms with Crippen molar-refractivity contribution in [2.24, 2.45) is 5.92 Å². The fraction of sp³-hybridized carbons (Fsp3) is 0.417. The molecule has 1 aliphatic heterocycles. The summed E-state index contributed by atoms with van der Waals surface area (Å²) in [5, 5.41) is 0. The molecule has 1 fully saturated rings. The first kappa shape index (κ1) is 14.6. The van der Waals surface area contributed by atoms with Crippen LogP contribution in [0.4, 0.5) is 26.3 Å². The van der Waals surface area contributed by atoms with Crippen LogP contribution in [0, 0.1) is 12.8 Å². The number of benzene rings is 1. The maximum Gasteiger partial charge on any atom is 0.416 e. The van der Waals surface area contributed by atoms with Gasteiger partial charge in [0.2, 0.25) is 0 Å². The van der Waals surface area contributed by atoms with E-state index in [-0.39, 0.29) is 11.3 Å². The van der Waals surface area contributed by atoms with Crippen LogP contribution in [0.3, 0.4) is 0 Å². The Balaban J connectivity index is 2.37. The van der Waals surface area contributed by atoms with E-state index in [0.29, 0.717) is 0 Å². The minimum Gasteiger partial charge on any atom is -0.171 e. The molecular weight excluding hydrogens is 290 g/mol. The normalized spacial score (nSPS) is 28.1. The lowest BCUT2D eigenvalue weighted by atomic mass is 9.85. The number of alkyl halides is 6. The molecule has 2 rings (SSSR count). The molecule has 1 saturated heterocycles. The molecule has 0 spiro atoms. The summed E-state index contributed by atoms with van der Waals surface area (Å²) >= 11 is 0.917. The standard InChI is InChI=1S/C12H9F6S/c1-10(9(6-19-10)12(16,17)18)7-3-2-4-8(5-7)11(13,14)15/h2-5,9H,1,6H2. The third kappa shape index (κ3) is 2.57. The first-order valence-corrected chi connectivity index (χ1v) is 6.27. The maximum absolute atomic E-state index is 12.7. The minimum atomic E-state index is -4.57. The topological polar surface area (TPSA) is 0 Å². The van der Waals surface area contributed by atoms with Crippen molar-refractivity contribution in [3.8, 4) is 0 Å². The van der Waals surface area contributed by atoms with Gasteiger partial charge in [-0.25, -0.2) is 0 Å². The Bertz CT molecular complexity index is 478. The van der Waals surface area contributed by atoms with Gasteiger partial charge in [-0.05, 0) is 18.6 Å². The number of rotatable bonds is 1. The first-order chi connectivity index (χ1) is 8.55. The van der Waals surface area contributed by atoms with Crippen LogP contribution in [0.25, 0.3) is 0 Å². The highest BCUT2D eigenvalue weighted by molar-refractivity contribution is 8.01. The fourth-order valence-electron chi connectivity index (χ4n) is 1.97. The lowest BCUT2D eigenvalue weighted by molar-refractivity contribution is -0.179. The first-order valence-electron chi connectivity index (χ1n) is 5.29. The summed E-state index contributed by atoms with van der Waals surface area (Å²) in [5.74, 6) is -1.89. The van der Waals surface area contributed by atoms with E-state index >= 15 is 0 Å². The fourth-order valence-corrected chi connectivity index (χ4v) is 3.32. The molecule has 105 valence electrons. The van der Waals surface area contributed by atoms with Crippen LogP contribution in [0.5, 0.6) is 0 Å². The number of hydrogen-bond acceptors (Lipinski definition) is 1. The Morgan fingerprint density at radius 3 is 2.21 bits per heavy atom. The highest BCUT2D eigenvalue weighted by Crippen LogP contribution is 2.59. The minimum absolute atomic E-state index is 0.0408. The van der Waals surface area contributed by atoms with Crippen molar-refractivity contribution in [3.63, 3.8) is 0 Å². The largest absolute Gasteiger partial charge is 0.416 e. The maximum atomic E-state index is 12.7. The molecule has 0 bridgehead atoms. The van der Waals surface area contributed by atoms with Gasteiger partial charge in [0.05, 0.1) is 16.2 Å². The summed E-state index contributed by atoms with van der Waals surface area (Å²) < 4.78 is 74.3. The van der Waals surface area contributed by atoms with E-state index in [2.05, 4.69) is 6.92 Å². The third-order valence-corrected chi connectivity index (χ3v) is 4.68. The highest BCUT2D eigenvalue weighted by Gasteiger charge is 2.58. The molecule has 1 aromatic carbocycles.